The number of aliphatic hydroxyl groups is 3. The number of carboxylic acids is 1. The van der Waals surface area contributed by atoms with Crippen molar-refractivity contribution in [2.45, 2.75) is 50.6 Å². The Kier molecular flexibility index (Phi) is 15.9. The number of carbonyl (C=O) groups is 3. The predicted octanol–water partition coefficient (Wildman–Crippen LogP) is 5.77. The van der Waals surface area contributed by atoms with Gasteiger partial charge in [-0.2, -0.15) is 15.4 Å². The lowest BCUT2D eigenvalue weighted by Crippen LogP contribution is -2.46. The van der Waals surface area contributed by atoms with Gasteiger partial charge in [0.1, 0.15) is 11.6 Å². The topological polar surface area (TPSA) is 221 Å². The van der Waals surface area contributed by atoms with Crippen molar-refractivity contribution in [1.29, 1.82) is 0 Å². The number of carbonyl (C=O) groups excluding carboxylic acids is 2. The molecule has 1 fully saturated rings. The quantitative estimate of drug-likeness (QED) is 0.0556. The van der Waals surface area contributed by atoms with Crippen LogP contribution in [0.15, 0.2) is 91.1 Å². The van der Waals surface area contributed by atoms with Crippen molar-refractivity contribution in [2.75, 3.05) is 26.4 Å². The summed E-state index contributed by atoms with van der Waals surface area (Å²) in [6.07, 6.45) is 2.51. The minimum atomic E-state index is -1.65. The van der Waals surface area contributed by atoms with Crippen molar-refractivity contribution in [3.8, 4) is 22.3 Å². The van der Waals surface area contributed by atoms with E-state index in [-0.39, 0.29) is 49.4 Å². The van der Waals surface area contributed by atoms with Gasteiger partial charge in [0.05, 0.1) is 36.8 Å². The number of H-pyrrole nitrogens is 1. The van der Waals surface area contributed by atoms with Gasteiger partial charge in [0.25, 0.3) is 5.91 Å². The fourth-order valence-corrected chi connectivity index (χ4v) is 7.51. The molecule has 1 aromatic heterocycles. The van der Waals surface area contributed by atoms with Gasteiger partial charge in [-0.15, -0.1) is 0 Å². The van der Waals surface area contributed by atoms with E-state index in [1.165, 1.54) is 36.5 Å². The molecule has 2 heterocycles. The molecule has 6 rings (SSSR count). The number of nitrogens with zero attached hydrogens (tertiary/aromatic N) is 2. The van der Waals surface area contributed by atoms with Crippen LogP contribution in [0.25, 0.3) is 22.3 Å². The number of aliphatic carboxylic acids is 1. The molecule has 13 nitrogen and oxygen atoms in total. The maximum atomic E-state index is 14.2. The van der Waals surface area contributed by atoms with E-state index < -0.39 is 47.8 Å². The van der Waals surface area contributed by atoms with Crippen LogP contribution in [0.1, 0.15) is 47.3 Å². The molecule has 0 bridgehead atoms. The summed E-state index contributed by atoms with van der Waals surface area (Å²) in [5, 5.41) is 51.8. The minimum Gasteiger partial charge on any atom is -0.481 e. The smallest absolute Gasteiger partial charge is 0.314 e. The molecule has 1 saturated heterocycles. The van der Waals surface area contributed by atoms with Crippen LogP contribution >= 0.6 is 23.2 Å². The predicted molar refractivity (Wildman–Crippen MR) is 220 cm³/mol. The average molecular weight is 869 g/mol. The summed E-state index contributed by atoms with van der Waals surface area (Å²) in [5.74, 6) is -2.98. The lowest BCUT2D eigenvalue weighted by atomic mass is 9.78. The summed E-state index contributed by atoms with van der Waals surface area (Å²) in [5.41, 5.74) is 7.51. The first-order chi connectivity index (χ1) is 28.7. The number of benzene rings is 4. The van der Waals surface area contributed by atoms with Crippen LogP contribution in [0.3, 0.4) is 0 Å². The average Bonchev–Trinajstić information content (AvgIpc) is 3.91. The van der Waals surface area contributed by atoms with Crippen LogP contribution in [0.2, 0.25) is 10.0 Å². The summed E-state index contributed by atoms with van der Waals surface area (Å²) < 4.78 is 33.2. The maximum absolute atomic E-state index is 14.2. The fraction of sp³-hybridized carbons (Fsp3) is 0.326. The number of esters is 1. The molecule has 5 aromatic rings. The van der Waals surface area contributed by atoms with E-state index in [0.717, 1.165) is 16.7 Å². The van der Waals surface area contributed by atoms with Gasteiger partial charge in [-0.25, -0.2) is 8.78 Å². The van der Waals surface area contributed by atoms with Gasteiger partial charge in [0.2, 0.25) is 0 Å². The Balaban J connectivity index is 0.000000236. The number of aliphatic hydroxyl groups excluding tert-OH is 3. The zero-order chi connectivity index (χ0) is 43.5. The number of nitrogens with one attached hydrogen (secondary N) is 2. The van der Waals surface area contributed by atoms with Gasteiger partial charge in [0, 0.05) is 39.9 Å². The molecule has 0 aliphatic carbocycles. The first-order valence-electron chi connectivity index (χ1n) is 19.0. The van der Waals surface area contributed by atoms with Gasteiger partial charge >= 0.3 is 11.9 Å². The van der Waals surface area contributed by atoms with Gasteiger partial charge in [0.15, 0.2) is 5.69 Å². The molecule has 17 heteroatoms. The van der Waals surface area contributed by atoms with Crippen LogP contribution in [-0.4, -0.2) is 92.2 Å². The first kappa shape index (κ1) is 45.8. The summed E-state index contributed by atoms with van der Waals surface area (Å²) in [6, 6.07) is 22.0. The lowest BCUT2D eigenvalue weighted by Gasteiger charge is -2.31. The van der Waals surface area contributed by atoms with Crippen LogP contribution in [0.5, 0.6) is 0 Å². The Morgan fingerprint density at radius 2 is 1.47 bits per heavy atom. The number of cyclic esters (lactones) is 1. The zero-order valence-corrected chi connectivity index (χ0v) is 33.8. The summed E-state index contributed by atoms with van der Waals surface area (Å²) in [4.78, 5) is 36.4. The number of hydrogen-bond acceptors (Lipinski definition) is 10. The van der Waals surface area contributed by atoms with E-state index in [2.05, 4.69) is 20.7 Å². The van der Waals surface area contributed by atoms with E-state index in [1.807, 2.05) is 24.3 Å². The monoisotopic (exact) mass is 867 g/mol. The number of aromatic nitrogens is 3. The number of rotatable bonds is 17. The number of carboxylic acid groups (broad SMARTS) is 1. The third-order valence-electron chi connectivity index (χ3n) is 10.5. The normalized spacial score (nSPS) is 16.8. The minimum absolute atomic E-state index is 0.0175. The number of hydrogen-bond donors (Lipinski definition) is 7. The fourth-order valence-electron chi connectivity index (χ4n) is 7.17. The van der Waals surface area contributed by atoms with Crippen molar-refractivity contribution in [1.82, 2.24) is 20.7 Å². The maximum Gasteiger partial charge on any atom is 0.314 e. The van der Waals surface area contributed by atoms with Crippen molar-refractivity contribution < 1.29 is 48.3 Å². The Bertz CT molecular complexity index is 2230. The van der Waals surface area contributed by atoms with Crippen LogP contribution in [0.4, 0.5) is 8.78 Å². The van der Waals surface area contributed by atoms with Crippen molar-refractivity contribution >= 4 is 41.0 Å². The molecule has 0 radical (unpaired) electrons. The van der Waals surface area contributed by atoms with Gasteiger partial charge in [-0.05, 0) is 97.2 Å². The van der Waals surface area contributed by atoms with Crippen molar-refractivity contribution in [2.24, 2.45) is 16.6 Å². The first-order valence-corrected chi connectivity index (χ1v) is 19.7. The van der Waals surface area contributed by atoms with Crippen LogP contribution < -0.4 is 11.1 Å². The highest BCUT2D eigenvalue weighted by atomic mass is 35.5. The van der Waals surface area contributed by atoms with Crippen molar-refractivity contribution in [3.63, 3.8) is 0 Å². The molecule has 8 N–H and O–H groups in total. The molecule has 318 valence electrons. The molecule has 1 aliphatic heterocycles. The Morgan fingerprint density at radius 1 is 0.900 bits per heavy atom. The molecule has 4 atom stereocenters. The second-order valence-corrected chi connectivity index (χ2v) is 15.7. The Morgan fingerprint density at radius 3 is 1.92 bits per heavy atom. The molecule has 1 aliphatic rings. The van der Waals surface area contributed by atoms with E-state index in [0.29, 0.717) is 52.6 Å². The highest BCUT2D eigenvalue weighted by Gasteiger charge is 2.45. The number of aromatic amines is 1. The third-order valence-corrected chi connectivity index (χ3v) is 11.0. The number of ether oxygens (including phenoxy) is 1. The summed E-state index contributed by atoms with van der Waals surface area (Å²) >= 11 is 11.9. The Hall–Kier alpha value is -5.29. The lowest BCUT2D eigenvalue weighted by molar-refractivity contribution is -0.154. The van der Waals surface area contributed by atoms with E-state index in [9.17, 15) is 43.6 Å². The number of nitrogens with two attached hydrogens (primary N) is 1. The number of halogens is 4. The summed E-state index contributed by atoms with van der Waals surface area (Å²) in [7, 11) is 0. The summed E-state index contributed by atoms with van der Waals surface area (Å²) in [6.45, 7) is -1.10. The second-order valence-electron chi connectivity index (χ2n) is 14.8. The molecule has 60 heavy (non-hydrogen) atoms. The van der Waals surface area contributed by atoms with Gasteiger partial charge in [-0.3, -0.25) is 14.4 Å². The largest absolute Gasteiger partial charge is 0.481 e. The standard InChI is InChI=1S/C23H24ClFN4O5.C20H21ClFNO3/c24-16-5-6-19(25)18(10-16)15-3-1-14(2-4-15)9-17(27-21(32)20-12-26-29-28-20)11-23(13-31,7-8-30)22(33)34;21-15-5-6-18(22)17(10-15)14-3-1-13(2-4-14)9-16(23)11-20(12-24)7-8-26-19(20)25/h1-6,10,12,17,30-31H,7-9,11,13H2,(H,27,32)(H,33,34)(H,26,28,29);1-6,10,16,24H,7-9,11-12,23H2/t17-,23?;16-,20?/m11/s1. The molecule has 2 unspecified atom stereocenters. The molecular weight excluding hydrogens is 823 g/mol. The zero-order valence-electron chi connectivity index (χ0n) is 32.3. The SMILES string of the molecule is N[C@H](Cc1ccc(-c2cc(Cl)ccc2F)cc1)CC1(CO)CCOC1=O.O=C(N[C@H](Cc1ccc(-c2cc(Cl)ccc2F)cc1)CC(CO)(CCO)C(=O)O)c1cn[nH]n1. The van der Waals surface area contributed by atoms with Crippen LogP contribution in [0, 0.1) is 22.5 Å². The van der Waals surface area contributed by atoms with Gasteiger partial charge < -0.3 is 36.2 Å². The molecule has 0 spiro atoms. The van der Waals surface area contributed by atoms with E-state index >= 15 is 0 Å². The number of amides is 1. The third kappa shape index (κ3) is 11.5. The molecular formula is C43H45Cl2F2N5O8. The second kappa shape index (κ2) is 20.8. The molecule has 0 saturated carbocycles. The van der Waals surface area contributed by atoms with E-state index in [4.69, 9.17) is 33.7 Å². The highest BCUT2D eigenvalue weighted by Crippen LogP contribution is 2.35. The van der Waals surface area contributed by atoms with Gasteiger partial charge in [-0.1, -0.05) is 71.7 Å². The molecule has 1 amide bonds. The van der Waals surface area contributed by atoms with Crippen molar-refractivity contribution in [3.05, 3.63) is 130 Å². The highest BCUT2D eigenvalue weighted by molar-refractivity contribution is 6.31. The molecule has 4 aromatic carbocycles. The van der Waals surface area contributed by atoms with E-state index in [1.54, 1.807) is 30.3 Å². The van der Waals surface area contributed by atoms with Crippen LogP contribution in [-0.2, 0) is 27.2 Å². The Labute approximate surface area is 354 Å².